The normalized spacial score (nSPS) is 19.9. The third-order valence-electron chi connectivity index (χ3n) is 5.54. The number of fused-ring (bicyclic) bond motifs is 2. The van der Waals surface area contributed by atoms with Crippen LogP contribution in [0.2, 0.25) is 0 Å². The molecule has 1 atom stereocenters. The highest BCUT2D eigenvalue weighted by molar-refractivity contribution is 8.18. The number of esters is 1. The second-order valence-electron chi connectivity index (χ2n) is 7.29. The fraction of sp³-hybridized carbons (Fsp3) is 0.429. The number of hydrogen-bond donors (Lipinski definition) is 1. The van der Waals surface area contributed by atoms with Gasteiger partial charge in [0.05, 0.1) is 12.3 Å². The second-order valence-corrected chi connectivity index (χ2v) is 9.69. The van der Waals surface area contributed by atoms with Gasteiger partial charge in [0.1, 0.15) is 15.4 Å². The number of nitrogens with zero attached hydrogens (tertiary/aromatic N) is 2. The summed E-state index contributed by atoms with van der Waals surface area (Å²) in [4.78, 5) is 11.9. The van der Waals surface area contributed by atoms with E-state index in [4.69, 9.17) is 9.84 Å². The van der Waals surface area contributed by atoms with Gasteiger partial charge in [0, 0.05) is 11.6 Å². The smallest absolute Gasteiger partial charge is 0.354 e. The Morgan fingerprint density at radius 3 is 2.75 bits per heavy atom. The number of hydrogen-bond acceptors (Lipinski definition) is 6. The van der Waals surface area contributed by atoms with Gasteiger partial charge < -0.3 is 10.1 Å². The first kappa shape index (κ1) is 18.2. The first-order chi connectivity index (χ1) is 13.7. The average Bonchev–Trinajstić information content (AvgIpc) is 3.47. The van der Waals surface area contributed by atoms with Crippen molar-refractivity contribution >= 4 is 29.5 Å². The van der Waals surface area contributed by atoms with Crippen molar-refractivity contribution in [3.8, 4) is 5.69 Å². The van der Waals surface area contributed by atoms with Crippen molar-refractivity contribution in [1.82, 2.24) is 15.1 Å². The Morgan fingerprint density at radius 1 is 1.29 bits per heavy atom. The summed E-state index contributed by atoms with van der Waals surface area (Å²) in [5.74, 6) is -0.293. The number of carbonyl (C=O) groups is 1. The first-order valence-corrected chi connectivity index (χ1v) is 11.7. The van der Waals surface area contributed by atoms with Crippen LogP contribution in [0.3, 0.4) is 0 Å². The van der Waals surface area contributed by atoms with E-state index in [-0.39, 0.29) is 10.7 Å². The summed E-state index contributed by atoms with van der Waals surface area (Å²) in [6, 6.07) is 4.53. The third kappa shape index (κ3) is 3.24. The number of ether oxygens (including phenoxy) is 1. The highest BCUT2D eigenvalue weighted by atomic mass is 32.2. The summed E-state index contributed by atoms with van der Waals surface area (Å²) in [5.41, 5.74) is 7.92. The van der Waals surface area contributed by atoms with Gasteiger partial charge in [-0.05, 0) is 73.8 Å². The van der Waals surface area contributed by atoms with Gasteiger partial charge >= 0.3 is 5.97 Å². The minimum Gasteiger partial charge on any atom is -0.461 e. The minimum atomic E-state index is -0.293. The predicted octanol–water partition coefficient (Wildman–Crippen LogP) is 3.97. The van der Waals surface area contributed by atoms with Crippen LogP contribution < -0.4 is 5.32 Å². The molecule has 0 saturated heterocycles. The third-order valence-corrected chi connectivity index (χ3v) is 7.69. The molecular formula is C21H23N3O2S2. The molecular weight excluding hydrogens is 390 g/mol. The van der Waals surface area contributed by atoms with Crippen molar-refractivity contribution in [2.45, 2.75) is 55.2 Å². The van der Waals surface area contributed by atoms with Crippen LogP contribution in [0, 0.1) is 0 Å². The zero-order chi connectivity index (χ0) is 19.1. The van der Waals surface area contributed by atoms with E-state index in [0.29, 0.717) is 12.3 Å². The van der Waals surface area contributed by atoms with Gasteiger partial charge in [-0.1, -0.05) is 29.6 Å². The topological polar surface area (TPSA) is 56.2 Å². The molecule has 1 aromatic heterocycles. The molecule has 0 saturated carbocycles. The zero-order valence-electron chi connectivity index (χ0n) is 15.9. The zero-order valence-corrected chi connectivity index (χ0v) is 17.5. The van der Waals surface area contributed by atoms with Crippen LogP contribution in [0.25, 0.3) is 5.69 Å². The lowest BCUT2D eigenvalue weighted by Gasteiger charge is -2.15. The fourth-order valence-electron chi connectivity index (χ4n) is 4.36. The molecule has 0 spiro atoms. The molecule has 5 nitrogen and oxygen atoms in total. The highest BCUT2D eigenvalue weighted by Crippen LogP contribution is 2.38. The molecule has 28 heavy (non-hydrogen) atoms. The van der Waals surface area contributed by atoms with Crippen LogP contribution in [-0.4, -0.2) is 27.1 Å². The lowest BCUT2D eigenvalue weighted by atomic mass is 9.99. The summed E-state index contributed by atoms with van der Waals surface area (Å²) in [7, 11) is 0. The summed E-state index contributed by atoms with van der Waals surface area (Å²) < 4.78 is 7.19. The summed E-state index contributed by atoms with van der Waals surface area (Å²) in [6.45, 7) is 2.20. The number of rotatable bonds is 5. The predicted molar refractivity (Wildman–Crippen MR) is 113 cm³/mol. The number of nitrogens with one attached hydrogen (secondary N) is 1. The van der Waals surface area contributed by atoms with Gasteiger partial charge in [-0.25, -0.2) is 9.48 Å². The van der Waals surface area contributed by atoms with Gasteiger partial charge in [0.2, 0.25) is 0 Å². The van der Waals surface area contributed by atoms with Gasteiger partial charge in [0.25, 0.3) is 0 Å². The standard InChI is InChI=1S/C21H23N3O2S2/c1-2-26-20(25)17-12-27-21(22-17)28-18-9-10-24(23-18)19-15-7-3-5-13(15)11-14-6-4-8-16(14)19/h9-12,21-22H,2-8H2,1H3. The summed E-state index contributed by atoms with van der Waals surface area (Å²) in [5, 5.41) is 10.9. The molecule has 1 unspecified atom stereocenters. The molecule has 1 aliphatic heterocycles. The van der Waals surface area contributed by atoms with Crippen LogP contribution in [0.4, 0.5) is 0 Å². The van der Waals surface area contributed by atoms with Crippen molar-refractivity contribution in [1.29, 1.82) is 0 Å². The Morgan fingerprint density at radius 2 is 2.04 bits per heavy atom. The number of benzene rings is 1. The van der Waals surface area contributed by atoms with Gasteiger partial charge in [-0.15, -0.1) is 0 Å². The van der Waals surface area contributed by atoms with Gasteiger partial charge in [-0.3, -0.25) is 0 Å². The molecule has 7 heteroatoms. The van der Waals surface area contributed by atoms with Crippen LogP contribution in [0.1, 0.15) is 42.0 Å². The van der Waals surface area contributed by atoms with E-state index < -0.39 is 0 Å². The van der Waals surface area contributed by atoms with E-state index >= 15 is 0 Å². The molecule has 0 radical (unpaired) electrons. The van der Waals surface area contributed by atoms with Crippen molar-refractivity contribution in [2.24, 2.45) is 0 Å². The van der Waals surface area contributed by atoms with E-state index in [9.17, 15) is 4.79 Å². The molecule has 146 valence electrons. The molecule has 2 heterocycles. The van der Waals surface area contributed by atoms with E-state index in [1.54, 1.807) is 23.5 Å². The quantitative estimate of drug-likeness (QED) is 0.749. The van der Waals surface area contributed by atoms with E-state index in [2.05, 4.69) is 28.3 Å². The summed E-state index contributed by atoms with van der Waals surface area (Å²) in [6.07, 6.45) is 9.30. The number of aryl methyl sites for hydroxylation is 2. The maximum atomic E-state index is 11.9. The highest BCUT2D eigenvalue weighted by Gasteiger charge is 2.27. The molecule has 0 amide bonds. The Kier molecular flexibility index (Phi) is 4.88. The number of aromatic nitrogens is 2. The van der Waals surface area contributed by atoms with E-state index in [1.807, 2.05) is 12.3 Å². The maximum absolute atomic E-state index is 11.9. The molecule has 1 aromatic carbocycles. The second kappa shape index (κ2) is 7.52. The Bertz CT molecular complexity index is 935. The van der Waals surface area contributed by atoms with Crippen LogP contribution in [-0.2, 0) is 35.2 Å². The van der Waals surface area contributed by atoms with Crippen molar-refractivity contribution in [2.75, 3.05) is 6.61 Å². The van der Waals surface area contributed by atoms with E-state index in [0.717, 1.165) is 17.9 Å². The van der Waals surface area contributed by atoms with Crippen molar-refractivity contribution < 1.29 is 9.53 Å². The molecule has 1 N–H and O–H groups in total. The molecule has 0 bridgehead atoms. The van der Waals surface area contributed by atoms with E-state index in [1.165, 1.54) is 53.6 Å². The Balaban J connectivity index is 1.35. The van der Waals surface area contributed by atoms with Crippen LogP contribution in [0.15, 0.2) is 34.5 Å². The summed E-state index contributed by atoms with van der Waals surface area (Å²) >= 11 is 3.22. The SMILES string of the molecule is CCOC(=O)C1=CSC(Sc2ccn(-c3c4c(cc5c3CCC5)CCC4)n2)N1. The van der Waals surface area contributed by atoms with Crippen molar-refractivity contribution in [3.63, 3.8) is 0 Å². The van der Waals surface area contributed by atoms with Gasteiger partial charge in [0.15, 0.2) is 0 Å². The number of carbonyl (C=O) groups excluding carboxylic acids is 1. The Hall–Kier alpha value is -1.86. The molecule has 3 aliphatic rings. The fourth-order valence-corrected chi connectivity index (χ4v) is 6.35. The minimum absolute atomic E-state index is 0.0370. The molecule has 5 rings (SSSR count). The first-order valence-electron chi connectivity index (χ1n) is 9.91. The lowest BCUT2D eigenvalue weighted by Crippen LogP contribution is -2.23. The van der Waals surface area contributed by atoms with Crippen LogP contribution in [0.5, 0.6) is 0 Å². The molecule has 0 fully saturated rings. The molecule has 2 aromatic rings. The van der Waals surface area contributed by atoms with Gasteiger partial charge in [-0.2, -0.15) is 5.10 Å². The van der Waals surface area contributed by atoms with Crippen molar-refractivity contribution in [3.05, 3.63) is 51.7 Å². The maximum Gasteiger partial charge on any atom is 0.354 e. The number of thioether (sulfide) groups is 2. The monoisotopic (exact) mass is 413 g/mol. The Labute approximate surface area is 173 Å². The average molecular weight is 414 g/mol. The lowest BCUT2D eigenvalue weighted by molar-refractivity contribution is -0.138. The largest absolute Gasteiger partial charge is 0.461 e. The van der Waals surface area contributed by atoms with Crippen LogP contribution >= 0.6 is 23.5 Å². The molecule has 2 aliphatic carbocycles.